The molecule has 0 spiro atoms. The van der Waals surface area contributed by atoms with Crippen LogP contribution in [0.2, 0.25) is 5.02 Å². The van der Waals surface area contributed by atoms with Crippen molar-refractivity contribution in [3.05, 3.63) is 29.3 Å². The van der Waals surface area contributed by atoms with Crippen molar-refractivity contribution in [3.63, 3.8) is 0 Å². The molecular weight excluding hydrogens is 340 g/mol. The minimum absolute atomic E-state index is 0.0619. The van der Waals surface area contributed by atoms with Gasteiger partial charge in [0.2, 0.25) is 11.7 Å². The fourth-order valence-corrected chi connectivity index (χ4v) is 3.11. The number of hydrogen-bond donors (Lipinski definition) is 2. The molecule has 7 nitrogen and oxygen atoms in total. The number of carbonyl (C=O) groups is 1. The number of carbonyl (C=O) groups excluding carboxylic acids is 1. The number of halogens is 1. The summed E-state index contributed by atoms with van der Waals surface area (Å²) in [6, 6.07) is 6.77. The zero-order chi connectivity index (χ0) is 17.6. The first kappa shape index (κ1) is 17.8. The molecule has 1 aliphatic heterocycles. The average Bonchev–Trinajstić information content (AvgIpc) is 3.12. The molecule has 0 radical (unpaired) electrons. The molecule has 2 atom stereocenters. The molecular formula is C17H23ClN6O. The van der Waals surface area contributed by atoms with Crippen molar-refractivity contribution in [2.24, 2.45) is 5.92 Å². The lowest BCUT2D eigenvalue weighted by Crippen LogP contribution is -2.40. The lowest BCUT2D eigenvalue weighted by Gasteiger charge is -2.23. The van der Waals surface area contributed by atoms with Crippen LogP contribution in [0.5, 0.6) is 0 Å². The van der Waals surface area contributed by atoms with Gasteiger partial charge in [-0.15, -0.1) is 10.2 Å². The van der Waals surface area contributed by atoms with Gasteiger partial charge >= 0.3 is 0 Å². The van der Waals surface area contributed by atoms with E-state index in [0.29, 0.717) is 29.7 Å². The zero-order valence-corrected chi connectivity index (χ0v) is 15.0. The Morgan fingerprint density at radius 1 is 1.44 bits per heavy atom. The van der Waals surface area contributed by atoms with E-state index in [1.54, 1.807) is 12.1 Å². The van der Waals surface area contributed by atoms with Crippen LogP contribution >= 0.6 is 11.6 Å². The molecule has 8 heteroatoms. The van der Waals surface area contributed by atoms with Gasteiger partial charge in [-0.1, -0.05) is 18.5 Å². The molecule has 2 N–H and O–H groups in total. The van der Waals surface area contributed by atoms with Gasteiger partial charge in [0.1, 0.15) is 0 Å². The number of hydrogen-bond acceptors (Lipinski definition) is 5. The molecule has 1 aromatic carbocycles. The predicted octanol–water partition coefficient (Wildman–Crippen LogP) is 2.06. The predicted molar refractivity (Wildman–Crippen MR) is 96.2 cm³/mol. The molecule has 1 saturated heterocycles. The van der Waals surface area contributed by atoms with Gasteiger partial charge in [-0.2, -0.15) is 4.80 Å². The number of amides is 1. The van der Waals surface area contributed by atoms with E-state index in [1.807, 2.05) is 19.1 Å². The third-order valence-corrected chi connectivity index (χ3v) is 4.71. The molecule has 3 rings (SSSR count). The molecule has 0 aliphatic carbocycles. The van der Waals surface area contributed by atoms with E-state index in [4.69, 9.17) is 11.6 Å². The topological polar surface area (TPSA) is 84.7 Å². The summed E-state index contributed by atoms with van der Waals surface area (Å²) in [5, 5.41) is 19.6. The quantitative estimate of drug-likeness (QED) is 0.821. The Balaban J connectivity index is 1.64. The number of rotatable bonds is 6. The number of nitrogens with zero attached hydrogens (tertiary/aromatic N) is 4. The Hall–Kier alpha value is -1.99. The van der Waals surface area contributed by atoms with Crippen LogP contribution in [0.4, 0.5) is 0 Å². The molecule has 1 amide bonds. The molecule has 25 heavy (non-hydrogen) atoms. The molecule has 0 bridgehead atoms. The summed E-state index contributed by atoms with van der Waals surface area (Å²) in [4.78, 5) is 13.9. The summed E-state index contributed by atoms with van der Waals surface area (Å²) in [7, 11) is 0. The lowest BCUT2D eigenvalue weighted by atomic mass is 9.99. The van der Waals surface area contributed by atoms with Crippen LogP contribution in [-0.2, 0) is 4.79 Å². The highest BCUT2D eigenvalue weighted by molar-refractivity contribution is 6.30. The van der Waals surface area contributed by atoms with Gasteiger partial charge in [0.25, 0.3) is 0 Å². The molecule has 2 aromatic rings. The van der Waals surface area contributed by atoms with Crippen LogP contribution in [0.25, 0.3) is 11.4 Å². The van der Waals surface area contributed by atoms with Crippen LogP contribution in [-0.4, -0.2) is 45.7 Å². The SMILES string of the molecule is CCC(C(=O)NCC1CCCNC1)n1nnc(-c2ccc(Cl)cc2)n1. The number of benzene rings is 1. The second-order valence-electron chi connectivity index (χ2n) is 6.32. The molecule has 0 saturated carbocycles. The summed E-state index contributed by atoms with van der Waals surface area (Å²) in [6.07, 6.45) is 2.91. The molecule has 1 aliphatic rings. The molecule has 134 valence electrons. The Morgan fingerprint density at radius 3 is 2.92 bits per heavy atom. The van der Waals surface area contributed by atoms with Crippen molar-refractivity contribution in [1.29, 1.82) is 0 Å². The number of tetrazole rings is 1. The molecule has 2 unspecified atom stereocenters. The summed E-state index contributed by atoms with van der Waals surface area (Å²) < 4.78 is 0. The second-order valence-corrected chi connectivity index (χ2v) is 6.76. The first-order valence-electron chi connectivity index (χ1n) is 8.71. The fraction of sp³-hybridized carbons (Fsp3) is 0.529. The largest absolute Gasteiger partial charge is 0.354 e. The minimum atomic E-state index is -0.454. The average molecular weight is 363 g/mol. The monoisotopic (exact) mass is 362 g/mol. The number of piperidine rings is 1. The summed E-state index contributed by atoms with van der Waals surface area (Å²) >= 11 is 5.90. The van der Waals surface area contributed by atoms with Crippen LogP contribution < -0.4 is 10.6 Å². The second kappa shape index (κ2) is 8.40. The third-order valence-electron chi connectivity index (χ3n) is 4.46. The first-order chi connectivity index (χ1) is 12.2. The zero-order valence-electron chi connectivity index (χ0n) is 14.3. The summed E-state index contributed by atoms with van der Waals surface area (Å²) in [5.41, 5.74) is 0.819. The maximum absolute atomic E-state index is 12.5. The highest BCUT2D eigenvalue weighted by Crippen LogP contribution is 2.18. The molecule has 2 heterocycles. The fourth-order valence-electron chi connectivity index (χ4n) is 2.99. The van der Waals surface area contributed by atoms with Crippen LogP contribution in [0, 0.1) is 5.92 Å². The van der Waals surface area contributed by atoms with Gasteiger partial charge in [0.05, 0.1) is 0 Å². The minimum Gasteiger partial charge on any atom is -0.354 e. The van der Waals surface area contributed by atoms with E-state index in [0.717, 1.165) is 31.5 Å². The van der Waals surface area contributed by atoms with Crippen LogP contribution in [0.3, 0.4) is 0 Å². The number of aromatic nitrogens is 4. The highest BCUT2D eigenvalue weighted by atomic mass is 35.5. The Labute approximate surface area is 152 Å². The van der Waals surface area contributed by atoms with E-state index in [2.05, 4.69) is 26.0 Å². The molecule has 1 aromatic heterocycles. The first-order valence-corrected chi connectivity index (χ1v) is 9.09. The van der Waals surface area contributed by atoms with E-state index >= 15 is 0 Å². The normalized spacial score (nSPS) is 18.7. The van der Waals surface area contributed by atoms with E-state index in [-0.39, 0.29) is 5.91 Å². The van der Waals surface area contributed by atoms with E-state index < -0.39 is 6.04 Å². The van der Waals surface area contributed by atoms with E-state index in [1.165, 1.54) is 4.80 Å². The highest BCUT2D eigenvalue weighted by Gasteiger charge is 2.23. The van der Waals surface area contributed by atoms with Gasteiger partial charge in [-0.3, -0.25) is 4.79 Å². The van der Waals surface area contributed by atoms with Gasteiger partial charge in [0.15, 0.2) is 6.04 Å². The van der Waals surface area contributed by atoms with E-state index in [9.17, 15) is 4.79 Å². The van der Waals surface area contributed by atoms with Gasteiger partial charge in [0, 0.05) is 17.1 Å². The number of nitrogens with one attached hydrogen (secondary N) is 2. The van der Waals surface area contributed by atoms with Crippen molar-refractivity contribution < 1.29 is 4.79 Å². The lowest BCUT2D eigenvalue weighted by molar-refractivity contribution is -0.125. The third kappa shape index (κ3) is 4.55. The van der Waals surface area contributed by atoms with Crippen molar-refractivity contribution in [2.45, 2.75) is 32.2 Å². The Bertz CT molecular complexity index is 695. The maximum Gasteiger partial charge on any atom is 0.246 e. The van der Waals surface area contributed by atoms with Crippen LogP contribution in [0.15, 0.2) is 24.3 Å². The molecule has 1 fully saturated rings. The maximum atomic E-state index is 12.5. The van der Waals surface area contributed by atoms with Gasteiger partial charge in [-0.05, 0) is 67.7 Å². The van der Waals surface area contributed by atoms with Crippen molar-refractivity contribution in [1.82, 2.24) is 30.8 Å². The van der Waals surface area contributed by atoms with Crippen molar-refractivity contribution in [2.75, 3.05) is 19.6 Å². The summed E-state index contributed by atoms with van der Waals surface area (Å²) in [6.45, 7) is 4.65. The standard InChI is InChI=1S/C17H23ClN6O/c1-2-15(17(25)20-11-12-4-3-9-19-10-12)24-22-16(21-23-24)13-5-7-14(18)8-6-13/h5-8,12,15,19H,2-4,9-11H2,1H3,(H,20,25). The smallest absolute Gasteiger partial charge is 0.246 e. The Kier molecular flexibility index (Phi) is 5.99. The van der Waals surface area contributed by atoms with Gasteiger partial charge in [-0.25, -0.2) is 0 Å². The summed E-state index contributed by atoms with van der Waals surface area (Å²) in [5.74, 6) is 0.913. The van der Waals surface area contributed by atoms with Crippen molar-refractivity contribution >= 4 is 17.5 Å². The van der Waals surface area contributed by atoms with Crippen LogP contribution in [0.1, 0.15) is 32.2 Å². The van der Waals surface area contributed by atoms with Crippen molar-refractivity contribution in [3.8, 4) is 11.4 Å². The van der Waals surface area contributed by atoms with Gasteiger partial charge < -0.3 is 10.6 Å². The Morgan fingerprint density at radius 2 is 2.24 bits per heavy atom.